The molecule has 3 aromatic rings. The molecule has 2 unspecified atom stereocenters. The van der Waals surface area contributed by atoms with Crippen LogP contribution >= 0.6 is 23.2 Å². The Morgan fingerprint density at radius 1 is 1.00 bits per heavy atom. The Kier molecular flexibility index (Phi) is 12.5. The van der Waals surface area contributed by atoms with Crippen molar-refractivity contribution in [3.63, 3.8) is 0 Å². The average molecular weight is 614 g/mol. The molecule has 10 heteroatoms. The van der Waals surface area contributed by atoms with Crippen LogP contribution in [-0.4, -0.2) is 68.4 Å². The molecule has 0 radical (unpaired) electrons. The van der Waals surface area contributed by atoms with Crippen molar-refractivity contribution in [1.29, 1.82) is 0 Å². The zero-order chi connectivity index (χ0) is 30.6. The number of nitrogens with zero attached hydrogens (tertiary/aromatic N) is 3. The van der Waals surface area contributed by atoms with E-state index in [-0.39, 0.29) is 18.2 Å². The first-order valence-corrected chi connectivity index (χ1v) is 14.5. The van der Waals surface area contributed by atoms with Gasteiger partial charge in [0, 0.05) is 42.8 Å². The molecule has 3 aromatic carbocycles. The summed E-state index contributed by atoms with van der Waals surface area (Å²) in [6.45, 7) is 7.70. The summed E-state index contributed by atoms with van der Waals surface area (Å²) in [5, 5.41) is 3.88. The lowest BCUT2D eigenvalue weighted by Gasteiger charge is -2.28. The number of rotatable bonds is 12. The molecular weight excluding hydrogens is 575 g/mol. The number of benzene rings is 3. The van der Waals surface area contributed by atoms with Crippen molar-refractivity contribution in [2.75, 3.05) is 33.8 Å². The number of carbonyl (C=O) groups is 2. The Bertz CT molecular complexity index is 1330. The summed E-state index contributed by atoms with van der Waals surface area (Å²) in [6, 6.07) is 21.6. The van der Waals surface area contributed by atoms with Crippen LogP contribution in [0, 0.1) is 0 Å². The SMILES string of the molecule is CCN(C=O)CCNC=O.COc1ccc(C2=NC(c3ccc(Cl)cc3)C(c3ccc(Cl)cc3)N2C)c(OC(C)C)c1. The Morgan fingerprint density at radius 3 is 2.14 bits per heavy atom. The number of amides is 2. The molecule has 1 N–H and O–H groups in total. The zero-order valence-electron chi connectivity index (χ0n) is 24.6. The minimum absolute atomic E-state index is 0.00237. The van der Waals surface area contributed by atoms with E-state index in [1.807, 2.05) is 75.4 Å². The first kappa shape index (κ1) is 32.8. The quantitative estimate of drug-likeness (QED) is 0.195. The number of hydrogen-bond acceptors (Lipinski definition) is 6. The number of aliphatic imine (C=N–C) groups is 1. The van der Waals surface area contributed by atoms with Crippen molar-refractivity contribution in [3.8, 4) is 11.5 Å². The maximum Gasteiger partial charge on any atom is 0.209 e. The highest BCUT2D eigenvalue weighted by atomic mass is 35.5. The molecule has 1 aliphatic heterocycles. The van der Waals surface area contributed by atoms with Crippen LogP contribution < -0.4 is 14.8 Å². The molecule has 0 saturated heterocycles. The molecule has 1 aliphatic rings. The van der Waals surface area contributed by atoms with E-state index >= 15 is 0 Å². The van der Waals surface area contributed by atoms with E-state index < -0.39 is 0 Å². The number of ether oxygens (including phenoxy) is 2. The highest BCUT2D eigenvalue weighted by Crippen LogP contribution is 2.44. The molecule has 42 heavy (non-hydrogen) atoms. The summed E-state index contributed by atoms with van der Waals surface area (Å²) >= 11 is 12.3. The van der Waals surface area contributed by atoms with E-state index in [1.165, 1.54) is 0 Å². The van der Waals surface area contributed by atoms with Crippen LogP contribution in [0.4, 0.5) is 0 Å². The number of hydrogen-bond donors (Lipinski definition) is 1. The number of likely N-dealkylation sites (N-methyl/N-ethyl adjacent to an activating group) is 2. The van der Waals surface area contributed by atoms with Crippen molar-refractivity contribution >= 4 is 41.9 Å². The second kappa shape index (κ2) is 16.0. The summed E-state index contributed by atoms with van der Waals surface area (Å²) in [5.74, 6) is 2.36. The van der Waals surface area contributed by atoms with Gasteiger partial charge in [-0.3, -0.25) is 14.6 Å². The summed E-state index contributed by atoms with van der Waals surface area (Å²) in [7, 11) is 3.72. The lowest BCUT2D eigenvalue weighted by Crippen LogP contribution is -2.30. The summed E-state index contributed by atoms with van der Waals surface area (Å²) in [6.07, 6.45) is 1.41. The van der Waals surface area contributed by atoms with Crippen molar-refractivity contribution < 1.29 is 19.1 Å². The minimum atomic E-state index is -0.109. The van der Waals surface area contributed by atoms with Crippen LogP contribution in [0.15, 0.2) is 71.7 Å². The lowest BCUT2D eigenvalue weighted by atomic mass is 9.94. The molecule has 1 heterocycles. The smallest absolute Gasteiger partial charge is 0.209 e. The molecule has 0 aliphatic carbocycles. The molecule has 224 valence electrons. The predicted octanol–water partition coefficient (Wildman–Crippen LogP) is 6.17. The van der Waals surface area contributed by atoms with Gasteiger partial charge in [0.15, 0.2) is 0 Å². The van der Waals surface area contributed by atoms with Gasteiger partial charge < -0.3 is 24.6 Å². The molecular formula is C32H38Cl2N4O4. The Morgan fingerprint density at radius 2 is 1.62 bits per heavy atom. The molecule has 0 aromatic heterocycles. The molecule has 0 spiro atoms. The summed E-state index contributed by atoms with van der Waals surface area (Å²) < 4.78 is 11.6. The molecule has 2 amide bonds. The number of carbonyl (C=O) groups excluding carboxylic acids is 2. The second-order valence-electron chi connectivity index (χ2n) is 9.89. The van der Waals surface area contributed by atoms with E-state index in [0.29, 0.717) is 36.1 Å². The average Bonchev–Trinajstić information content (AvgIpc) is 3.32. The van der Waals surface area contributed by atoms with Crippen molar-refractivity contribution in [3.05, 3.63) is 93.5 Å². The Labute approximate surface area is 258 Å². The third-order valence-electron chi connectivity index (χ3n) is 6.71. The Hall–Kier alpha value is -3.75. The van der Waals surface area contributed by atoms with Gasteiger partial charge in [-0.25, -0.2) is 0 Å². The predicted molar refractivity (Wildman–Crippen MR) is 169 cm³/mol. The topological polar surface area (TPSA) is 83.5 Å². The number of halogens is 2. The first-order valence-electron chi connectivity index (χ1n) is 13.7. The lowest BCUT2D eigenvalue weighted by molar-refractivity contribution is -0.118. The van der Waals surface area contributed by atoms with Gasteiger partial charge in [-0.2, -0.15) is 0 Å². The van der Waals surface area contributed by atoms with Crippen LogP contribution in [0.5, 0.6) is 11.5 Å². The highest BCUT2D eigenvalue weighted by Gasteiger charge is 2.37. The standard InChI is InChI=1S/C26H26Cl2N2O2.C6H12N2O2/c1-16(2)32-23-15-21(31-4)13-14-22(23)26-29-24(17-5-9-19(27)10-6-17)25(30(26)3)18-7-11-20(28)12-8-18;1-2-8(6-10)4-3-7-5-9/h5-16,24-25H,1-4H3;5-6H,2-4H2,1H3,(H,7,9). The monoisotopic (exact) mass is 612 g/mol. The van der Waals surface area contributed by atoms with E-state index in [9.17, 15) is 9.59 Å². The normalized spacial score (nSPS) is 15.8. The molecule has 0 bridgehead atoms. The summed E-state index contributed by atoms with van der Waals surface area (Å²) in [4.78, 5) is 28.9. The van der Waals surface area contributed by atoms with Crippen LogP contribution in [0.2, 0.25) is 10.0 Å². The summed E-state index contributed by atoms with van der Waals surface area (Å²) in [5.41, 5.74) is 3.16. The molecule has 2 atom stereocenters. The van der Waals surface area contributed by atoms with Crippen molar-refractivity contribution in [2.45, 2.75) is 39.0 Å². The van der Waals surface area contributed by atoms with E-state index in [2.05, 4.69) is 29.4 Å². The van der Waals surface area contributed by atoms with Gasteiger partial charge in [-0.05, 0) is 68.3 Å². The van der Waals surface area contributed by atoms with Gasteiger partial charge in [0.1, 0.15) is 23.4 Å². The molecule has 0 fully saturated rings. The third-order valence-corrected chi connectivity index (χ3v) is 7.21. The van der Waals surface area contributed by atoms with Crippen molar-refractivity contribution in [1.82, 2.24) is 15.1 Å². The highest BCUT2D eigenvalue weighted by molar-refractivity contribution is 6.30. The maximum absolute atomic E-state index is 10.1. The fraction of sp³-hybridized carbons (Fsp3) is 0.344. The van der Waals surface area contributed by atoms with Gasteiger partial charge >= 0.3 is 0 Å². The van der Waals surface area contributed by atoms with Crippen molar-refractivity contribution in [2.24, 2.45) is 4.99 Å². The number of amidine groups is 1. The van der Waals surface area contributed by atoms with E-state index in [1.54, 1.807) is 12.0 Å². The third kappa shape index (κ3) is 8.63. The molecule has 8 nitrogen and oxygen atoms in total. The maximum atomic E-state index is 10.1. The Balaban J connectivity index is 0.000000416. The number of methoxy groups -OCH3 is 1. The second-order valence-corrected chi connectivity index (χ2v) is 10.8. The largest absolute Gasteiger partial charge is 0.497 e. The van der Waals surface area contributed by atoms with E-state index in [0.717, 1.165) is 40.4 Å². The van der Waals surface area contributed by atoms with Gasteiger partial charge in [-0.15, -0.1) is 0 Å². The number of nitrogens with one attached hydrogen (secondary N) is 1. The van der Waals surface area contributed by atoms with Gasteiger partial charge in [0.05, 0.1) is 24.8 Å². The first-order chi connectivity index (χ1) is 20.2. The molecule has 4 rings (SSSR count). The van der Waals surface area contributed by atoms with Crippen LogP contribution in [-0.2, 0) is 9.59 Å². The van der Waals surface area contributed by atoms with Crippen LogP contribution in [0.1, 0.15) is 49.5 Å². The van der Waals surface area contributed by atoms with Gasteiger partial charge in [0.2, 0.25) is 12.8 Å². The fourth-order valence-corrected chi connectivity index (χ4v) is 4.85. The van der Waals surface area contributed by atoms with Crippen LogP contribution in [0.25, 0.3) is 0 Å². The molecule has 0 saturated carbocycles. The van der Waals surface area contributed by atoms with E-state index in [4.69, 9.17) is 37.7 Å². The van der Waals surface area contributed by atoms with Gasteiger partial charge in [0.25, 0.3) is 0 Å². The minimum Gasteiger partial charge on any atom is -0.497 e. The van der Waals surface area contributed by atoms with Gasteiger partial charge in [-0.1, -0.05) is 47.5 Å². The fourth-order valence-electron chi connectivity index (χ4n) is 4.60. The zero-order valence-corrected chi connectivity index (χ0v) is 26.1. The van der Waals surface area contributed by atoms with Crippen LogP contribution in [0.3, 0.4) is 0 Å².